The van der Waals surface area contributed by atoms with Gasteiger partial charge >= 0.3 is 0 Å². The van der Waals surface area contributed by atoms with E-state index in [0.717, 1.165) is 11.1 Å². The van der Waals surface area contributed by atoms with Gasteiger partial charge in [-0.25, -0.2) is 0 Å². The van der Waals surface area contributed by atoms with Crippen LogP contribution in [0.15, 0.2) is 35.9 Å². The lowest BCUT2D eigenvalue weighted by molar-refractivity contribution is -0.161. The summed E-state index contributed by atoms with van der Waals surface area (Å²) in [4.78, 5) is 0. The van der Waals surface area contributed by atoms with E-state index in [9.17, 15) is 10.2 Å². The van der Waals surface area contributed by atoms with Crippen LogP contribution in [0.3, 0.4) is 0 Å². The highest BCUT2D eigenvalue weighted by molar-refractivity contribution is 5.77. The fraction of sp³-hybridized carbons (Fsp3) is 0.643. The summed E-state index contributed by atoms with van der Waals surface area (Å²) in [6.07, 6.45) is 4.08. The van der Waals surface area contributed by atoms with Gasteiger partial charge in [0.15, 0.2) is 5.79 Å². The highest BCUT2D eigenvalue weighted by atomic mass is 16.5. The highest BCUT2D eigenvalue weighted by Crippen LogP contribution is 2.49. The number of allylic oxidation sites excluding steroid dienone is 2. The average molecular weight is 413 g/mol. The van der Waals surface area contributed by atoms with E-state index in [2.05, 4.69) is 107 Å². The molecule has 1 atom stereocenters. The molecule has 1 aliphatic rings. The zero-order valence-electron chi connectivity index (χ0n) is 21.4. The molecule has 1 aromatic rings. The molecule has 1 aromatic carbocycles. The van der Waals surface area contributed by atoms with Crippen molar-refractivity contribution in [1.82, 2.24) is 0 Å². The molecule has 168 valence electrons. The van der Waals surface area contributed by atoms with Crippen LogP contribution in [0.25, 0.3) is 5.57 Å². The Bertz CT molecular complexity index is 822. The predicted octanol–water partition coefficient (Wildman–Crippen LogP) is 6.99. The summed E-state index contributed by atoms with van der Waals surface area (Å²) in [6.45, 7) is 26.0. The highest BCUT2D eigenvalue weighted by Gasteiger charge is 2.47. The molecule has 0 aromatic heterocycles. The largest absolute Gasteiger partial charge is 0.361 e. The van der Waals surface area contributed by atoms with E-state index < -0.39 is 11.7 Å². The monoisotopic (exact) mass is 412 g/mol. The van der Waals surface area contributed by atoms with Crippen LogP contribution in [-0.4, -0.2) is 16.0 Å². The maximum Gasteiger partial charge on any atom is 0.197 e. The Kier molecular flexibility index (Phi) is 6.09. The molecule has 2 rings (SSSR count). The van der Waals surface area contributed by atoms with E-state index >= 15 is 0 Å². The Balaban J connectivity index is 2.85. The molecule has 1 aliphatic carbocycles. The predicted molar refractivity (Wildman–Crippen MR) is 129 cm³/mol. The van der Waals surface area contributed by atoms with Gasteiger partial charge in [-0.2, -0.15) is 0 Å². The molecule has 1 unspecified atom stereocenters. The zero-order chi connectivity index (χ0) is 23.5. The smallest absolute Gasteiger partial charge is 0.197 e. The van der Waals surface area contributed by atoms with Crippen LogP contribution in [0.2, 0.25) is 0 Å². The first-order valence-electron chi connectivity index (χ1n) is 11.2. The normalized spacial score (nSPS) is 20.7. The molecule has 0 heterocycles. The minimum atomic E-state index is -1.93. The quantitative estimate of drug-likeness (QED) is 0.488. The third kappa shape index (κ3) is 5.08. The van der Waals surface area contributed by atoms with Crippen molar-refractivity contribution >= 4 is 5.57 Å². The molecule has 30 heavy (non-hydrogen) atoms. The maximum atomic E-state index is 11.5. The molecule has 0 saturated carbocycles. The Labute approximate surface area is 185 Å². The number of hydrogen-bond donors (Lipinski definition) is 2. The first-order chi connectivity index (χ1) is 13.1. The molecule has 2 heteroatoms. The Morgan fingerprint density at radius 1 is 0.667 bits per heavy atom. The van der Waals surface area contributed by atoms with Crippen LogP contribution in [0.4, 0.5) is 0 Å². The van der Waals surface area contributed by atoms with Crippen LogP contribution < -0.4 is 0 Å². The first-order valence-corrected chi connectivity index (χ1v) is 11.2. The third-order valence-electron chi connectivity index (χ3n) is 6.25. The standard InChI is InChI=1S/C28H44O2/c1-24(2,3)19-13-18(14-20(15-19)25(4,5)6)22-16-21(26(7,8)9)17-23(27(10,11)12)28(22,29)30/h13-17,23,29-30H,1-12H3. The van der Waals surface area contributed by atoms with Gasteiger partial charge < -0.3 is 10.2 Å². The van der Waals surface area contributed by atoms with Crippen molar-refractivity contribution in [3.63, 3.8) is 0 Å². The van der Waals surface area contributed by atoms with E-state index in [-0.39, 0.29) is 21.7 Å². The second-order valence-corrected chi connectivity index (χ2v) is 13.3. The lowest BCUT2D eigenvalue weighted by Crippen LogP contribution is -2.46. The topological polar surface area (TPSA) is 40.5 Å². The summed E-state index contributed by atoms with van der Waals surface area (Å²) in [5.74, 6) is -2.34. The molecule has 0 aliphatic heterocycles. The molecule has 0 bridgehead atoms. The molecule has 2 N–H and O–H groups in total. The fourth-order valence-electron chi connectivity index (χ4n) is 4.04. The molecule has 0 saturated heterocycles. The van der Waals surface area contributed by atoms with Crippen LogP contribution in [0, 0.1) is 16.7 Å². The summed E-state index contributed by atoms with van der Waals surface area (Å²) >= 11 is 0. The van der Waals surface area contributed by atoms with Gasteiger partial charge in [-0.15, -0.1) is 0 Å². The summed E-state index contributed by atoms with van der Waals surface area (Å²) in [7, 11) is 0. The van der Waals surface area contributed by atoms with Crippen molar-refractivity contribution in [1.29, 1.82) is 0 Å². The van der Waals surface area contributed by atoms with Gasteiger partial charge in [-0.05, 0) is 50.0 Å². The van der Waals surface area contributed by atoms with Crippen molar-refractivity contribution in [2.24, 2.45) is 16.7 Å². The minimum Gasteiger partial charge on any atom is -0.361 e. The van der Waals surface area contributed by atoms with Gasteiger partial charge in [0, 0.05) is 11.5 Å². The van der Waals surface area contributed by atoms with Gasteiger partial charge in [0.2, 0.25) is 0 Å². The lowest BCUT2D eigenvalue weighted by Gasteiger charge is -2.44. The van der Waals surface area contributed by atoms with E-state index in [1.807, 2.05) is 6.08 Å². The second kappa shape index (κ2) is 7.35. The fourth-order valence-corrected chi connectivity index (χ4v) is 4.04. The Morgan fingerprint density at radius 2 is 1.10 bits per heavy atom. The molecular formula is C28H44O2. The van der Waals surface area contributed by atoms with Crippen molar-refractivity contribution in [2.75, 3.05) is 0 Å². The van der Waals surface area contributed by atoms with E-state index in [0.29, 0.717) is 5.57 Å². The van der Waals surface area contributed by atoms with Crippen molar-refractivity contribution in [3.05, 3.63) is 52.6 Å². The molecule has 2 nitrogen and oxygen atoms in total. The van der Waals surface area contributed by atoms with Crippen LogP contribution in [0.1, 0.15) is 99.8 Å². The minimum absolute atomic E-state index is 0.0368. The lowest BCUT2D eigenvalue weighted by atomic mass is 9.66. The average Bonchev–Trinajstić information content (AvgIpc) is 2.49. The molecule has 0 radical (unpaired) electrons. The third-order valence-corrected chi connectivity index (χ3v) is 6.25. The Hall–Kier alpha value is -1.38. The second-order valence-electron chi connectivity index (χ2n) is 13.3. The van der Waals surface area contributed by atoms with Crippen molar-refractivity contribution in [2.45, 2.75) is 99.7 Å². The first kappa shape index (κ1) is 24.9. The number of aliphatic hydroxyl groups is 2. The van der Waals surface area contributed by atoms with E-state index in [1.54, 1.807) is 0 Å². The summed E-state index contributed by atoms with van der Waals surface area (Å²) < 4.78 is 0. The van der Waals surface area contributed by atoms with Gasteiger partial charge in [0.05, 0.1) is 0 Å². The van der Waals surface area contributed by atoms with Crippen molar-refractivity contribution < 1.29 is 10.2 Å². The van der Waals surface area contributed by atoms with Gasteiger partial charge in [0.25, 0.3) is 0 Å². The number of rotatable bonds is 1. The number of hydrogen-bond acceptors (Lipinski definition) is 2. The molecule has 0 fully saturated rings. The molecule has 0 amide bonds. The maximum absolute atomic E-state index is 11.5. The molecule has 0 spiro atoms. The van der Waals surface area contributed by atoms with Gasteiger partial charge in [-0.3, -0.25) is 0 Å². The Morgan fingerprint density at radius 3 is 1.43 bits per heavy atom. The van der Waals surface area contributed by atoms with Gasteiger partial charge in [0.1, 0.15) is 0 Å². The van der Waals surface area contributed by atoms with Crippen LogP contribution in [0.5, 0.6) is 0 Å². The van der Waals surface area contributed by atoms with Gasteiger partial charge in [-0.1, -0.05) is 107 Å². The summed E-state index contributed by atoms with van der Waals surface area (Å²) in [6, 6.07) is 6.56. The SMILES string of the molecule is CC(C)(C)C1=CC(C(C)(C)C)C(O)(O)C(c2cc(C(C)(C)C)cc(C(C)(C)C)c2)=C1. The summed E-state index contributed by atoms with van der Waals surface area (Å²) in [5, 5.41) is 23.0. The van der Waals surface area contributed by atoms with E-state index in [4.69, 9.17) is 0 Å². The summed E-state index contributed by atoms with van der Waals surface area (Å²) in [5.41, 5.74) is 4.62. The molecular weight excluding hydrogens is 368 g/mol. The number of benzene rings is 1. The van der Waals surface area contributed by atoms with Crippen molar-refractivity contribution in [3.8, 4) is 0 Å². The zero-order valence-corrected chi connectivity index (χ0v) is 21.4. The van der Waals surface area contributed by atoms with E-state index in [1.165, 1.54) is 11.1 Å². The van der Waals surface area contributed by atoms with Crippen LogP contribution in [-0.2, 0) is 10.8 Å². The van der Waals surface area contributed by atoms with Crippen LogP contribution >= 0.6 is 0 Å².